The number of amides is 1. The molecule has 0 aromatic heterocycles. The van der Waals surface area contributed by atoms with E-state index in [1.54, 1.807) is 24.3 Å². The lowest BCUT2D eigenvalue weighted by Gasteiger charge is -2.13. The first-order chi connectivity index (χ1) is 13.4. The van der Waals surface area contributed by atoms with Crippen molar-refractivity contribution in [2.45, 2.75) is 13.0 Å². The third-order valence-corrected chi connectivity index (χ3v) is 5.25. The van der Waals surface area contributed by atoms with Gasteiger partial charge < -0.3 is 4.74 Å². The van der Waals surface area contributed by atoms with Gasteiger partial charge in [-0.3, -0.25) is 14.5 Å². The van der Waals surface area contributed by atoms with Gasteiger partial charge in [0.05, 0.1) is 11.3 Å². The molecule has 2 aromatic carbocycles. The summed E-state index contributed by atoms with van der Waals surface area (Å²) in [6, 6.07) is 11.5. The van der Waals surface area contributed by atoms with Crippen LogP contribution >= 0.6 is 24.0 Å². The smallest absolute Gasteiger partial charge is 0.307 e. The highest BCUT2D eigenvalue weighted by Crippen LogP contribution is 2.32. The predicted octanol–water partition coefficient (Wildman–Crippen LogP) is 4.30. The molecule has 1 amide bonds. The zero-order valence-corrected chi connectivity index (χ0v) is 16.2. The fraction of sp³-hybridized carbons (Fsp3) is 0.150. The molecule has 1 aliphatic rings. The molecule has 8 heteroatoms. The maximum absolute atomic E-state index is 13.1. The Hall–Kier alpha value is -2.58. The van der Waals surface area contributed by atoms with Gasteiger partial charge in [-0.15, -0.1) is 0 Å². The summed E-state index contributed by atoms with van der Waals surface area (Å²) in [5.74, 6) is -1.58. The average Bonchev–Trinajstić information content (AvgIpc) is 2.93. The van der Waals surface area contributed by atoms with Gasteiger partial charge in [0, 0.05) is 6.54 Å². The summed E-state index contributed by atoms with van der Waals surface area (Å²) < 4.78 is 31.5. The monoisotopic (exact) mass is 419 g/mol. The van der Waals surface area contributed by atoms with Crippen molar-refractivity contribution in [2.24, 2.45) is 0 Å². The molecule has 0 radical (unpaired) electrons. The maximum Gasteiger partial charge on any atom is 0.307 e. The number of benzene rings is 2. The van der Waals surface area contributed by atoms with Crippen LogP contribution in [0.5, 0.6) is 0 Å². The molecule has 1 heterocycles. The van der Waals surface area contributed by atoms with Crippen molar-refractivity contribution in [3.05, 3.63) is 76.2 Å². The molecule has 0 saturated carbocycles. The summed E-state index contributed by atoms with van der Waals surface area (Å²) in [6.45, 7) is 0.0485. The van der Waals surface area contributed by atoms with Crippen molar-refractivity contribution in [3.63, 3.8) is 0 Å². The highest BCUT2D eigenvalue weighted by atomic mass is 32.2. The Morgan fingerprint density at radius 2 is 1.89 bits per heavy atom. The number of nitrogens with zero attached hydrogens (tertiary/aromatic N) is 1. The quantitative estimate of drug-likeness (QED) is 0.397. The Balaban J connectivity index is 1.54. The number of rotatable bonds is 6. The van der Waals surface area contributed by atoms with Crippen LogP contribution in [0.4, 0.5) is 8.78 Å². The van der Waals surface area contributed by atoms with Crippen LogP contribution in [-0.4, -0.2) is 27.6 Å². The highest BCUT2D eigenvalue weighted by molar-refractivity contribution is 8.26. The number of thioether (sulfide) groups is 1. The molecule has 1 aliphatic heterocycles. The van der Waals surface area contributed by atoms with Gasteiger partial charge in [0.15, 0.2) is 0 Å². The molecule has 0 bridgehead atoms. The number of carbonyl (C=O) groups is 2. The van der Waals surface area contributed by atoms with Crippen LogP contribution in [0.1, 0.15) is 17.5 Å². The van der Waals surface area contributed by atoms with Crippen molar-refractivity contribution < 1.29 is 23.1 Å². The molecule has 0 spiro atoms. The molecule has 2 aromatic rings. The molecule has 1 fully saturated rings. The number of ether oxygens (including phenoxy) is 1. The Morgan fingerprint density at radius 3 is 2.61 bits per heavy atom. The lowest BCUT2D eigenvalue weighted by Crippen LogP contribution is -2.30. The van der Waals surface area contributed by atoms with Gasteiger partial charge in [0.25, 0.3) is 5.91 Å². The topological polar surface area (TPSA) is 46.6 Å². The second kappa shape index (κ2) is 9.07. The van der Waals surface area contributed by atoms with E-state index in [2.05, 4.69) is 0 Å². The Kier molecular flexibility index (Phi) is 6.53. The molecule has 0 atom stereocenters. The largest absolute Gasteiger partial charge is 0.461 e. The van der Waals surface area contributed by atoms with Gasteiger partial charge in [-0.25, -0.2) is 8.78 Å². The number of hydrogen-bond donors (Lipinski definition) is 0. The first kappa shape index (κ1) is 20.2. The lowest BCUT2D eigenvalue weighted by molar-refractivity contribution is -0.145. The van der Waals surface area contributed by atoms with Crippen LogP contribution in [0.15, 0.2) is 53.4 Å². The van der Waals surface area contributed by atoms with E-state index >= 15 is 0 Å². The maximum atomic E-state index is 13.1. The molecule has 3 rings (SSSR count). The second-order valence-corrected chi connectivity index (χ2v) is 7.60. The molecule has 0 aliphatic carbocycles. The molecule has 0 unspecified atom stereocenters. The van der Waals surface area contributed by atoms with E-state index in [0.29, 0.717) is 20.4 Å². The van der Waals surface area contributed by atoms with Gasteiger partial charge in [-0.1, -0.05) is 48.2 Å². The first-order valence-corrected chi connectivity index (χ1v) is 9.56. The lowest BCUT2D eigenvalue weighted by atomic mass is 10.2. The molecule has 1 saturated heterocycles. The van der Waals surface area contributed by atoms with Gasteiger partial charge in [0.1, 0.15) is 22.6 Å². The van der Waals surface area contributed by atoms with Gasteiger partial charge in [-0.05, 0) is 41.5 Å². The van der Waals surface area contributed by atoms with Crippen molar-refractivity contribution in [3.8, 4) is 0 Å². The second-order valence-electron chi connectivity index (χ2n) is 5.93. The van der Waals surface area contributed by atoms with Crippen molar-refractivity contribution in [2.75, 3.05) is 6.54 Å². The first-order valence-electron chi connectivity index (χ1n) is 8.33. The highest BCUT2D eigenvalue weighted by Gasteiger charge is 2.32. The van der Waals surface area contributed by atoms with Crippen LogP contribution in [-0.2, 0) is 20.9 Å². The van der Waals surface area contributed by atoms with Crippen LogP contribution in [0.3, 0.4) is 0 Å². The fourth-order valence-corrected chi connectivity index (χ4v) is 3.78. The summed E-state index contributed by atoms with van der Waals surface area (Å²) in [4.78, 5) is 26.2. The van der Waals surface area contributed by atoms with Crippen molar-refractivity contribution >= 4 is 46.3 Å². The van der Waals surface area contributed by atoms with Crippen molar-refractivity contribution in [1.82, 2.24) is 4.90 Å². The standard InChI is InChI=1S/C20H15F2NO3S2/c21-15-6-4-13(5-7-15)11-17-19(25)23(20(27)28-17)9-8-18(24)26-12-14-2-1-3-16(22)10-14/h1-7,10-11H,8-9,12H2. The normalized spacial score (nSPS) is 15.4. The molecule has 144 valence electrons. The van der Waals surface area contributed by atoms with E-state index < -0.39 is 11.8 Å². The molecule has 0 N–H and O–H groups in total. The summed E-state index contributed by atoms with van der Waals surface area (Å²) >= 11 is 6.34. The van der Waals surface area contributed by atoms with E-state index in [1.165, 1.54) is 35.2 Å². The van der Waals surface area contributed by atoms with Crippen LogP contribution < -0.4 is 0 Å². The molecule has 4 nitrogen and oxygen atoms in total. The summed E-state index contributed by atoms with van der Waals surface area (Å²) in [6.07, 6.45) is 1.59. The van der Waals surface area contributed by atoms with Crippen LogP contribution in [0, 0.1) is 11.6 Å². The van der Waals surface area contributed by atoms with Crippen LogP contribution in [0.25, 0.3) is 6.08 Å². The minimum absolute atomic E-state index is 0.0361. The van der Waals surface area contributed by atoms with Gasteiger partial charge in [-0.2, -0.15) is 0 Å². The third-order valence-electron chi connectivity index (χ3n) is 3.87. The minimum atomic E-state index is -0.513. The predicted molar refractivity (Wildman–Crippen MR) is 107 cm³/mol. The van der Waals surface area contributed by atoms with Gasteiger partial charge >= 0.3 is 5.97 Å². The number of esters is 1. The van der Waals surface area contributed by atoms with Crippen molar-refractivity contribution in [1.29, 1.82) is 0 Å². The zero-order valence-electron chi connectivity index (χ0n) is 14.6. The number of hydrogen-bond acceptors (Lipinski definition) is 5. The molecule has 28 heavy (non-hydrogen) atoms. The summed E-state index contributed by atoms with van der Waals surface area (Å²) in [5, 5.41) is 0. The fourth-order valence-electron chi connectivity index (χ4n) is 2.47. The van der Waals surface area contributed by atoms with E-state index in [0.717, 1.165) is 11.8 Å². The van der Waals surface area contributed by atoms with E-state index in [-0.39, 0.29) is 31.3 Å². The third kappa shape index (κ3) is 5.24. The zero-order chi connectivity index (χ0) is 20.1. The number of thiocarbonyl (C=S) groups is 1. The number of halogens is 2. The van der Waals surface area contributed by atoms with Crippen LogP contribution in [0.2, 0.25) is 0 Å². The summed E-state index contributed by atoms with van der Waals surface area (Å²) in [7, 11) is 0. The average molecular weight is 419 g/mol. The number of carbonyl (C=O) groups excluding carboxylic acids is 2. The Bertz CT molecular complexity index is 945. The molecular formula is C20H15F2NO3S2. The van der Waals surface area contributed by atoms with Gasteiger partial charge in [0.2, 0.25) is 0 Å². The Morgan fingerprint density at radius 1 is 1.14 bits per heavy atom. The van der Waals surface area contributed by atoms with E-state index in [4.69, 9.17) is 17.0 Å². The Labute approximate surface area is 170 Å². The van der Waals surface area contributed by atoms with E-state index in [1.807, 2.05) is 0 Å². The SMILES string of the molecule is O=C(CCN1C(=O)C(=Cc2ccc(F)cc2)SC1=S)OCc1cccc(F)c1. The summed E-state index contributed by atoms with van der Waals surface area (Å²) in [5.41, 5.74) is 1.22. The van der Waals surface area contributed by atoms with E-state index in [9.17, 15) is 18.4 Å². The minimum Gasteiger partial charge on any atom is -0.461 e. The molecular weight excluding hydrogens is 404 g/mol.